The fraction of sp³-hybridized carbons (Fsp3) is 0.826. The Balaban J connectivity index is 1.78. The monoisotopic (exact) mass is 355 g/mol. The molecule has 0 aromatic heterocycles. The van der Waals surface area contributed by atoms with Crippen molar-refractivity contribution in [1.29, 1.82) is 5.26 Å². The summed E-state index contributed by atoms with van der Waals surface area (Å²) in [7, 11) is 0. The third-order valence-corrected chi connectivity index (χ3v) is 9.42. The highest BCUT2D eigenvalue weighted by Gasteiger charge is 2.64. The number of Topliss-reactive ketones (excluding diaryl/α,β-unsaturated/α-hetero) is 1. The van der Waals surface area contributed by atoms with Crippen LogP contribution in [0, 0.1) is 51.2 Å². The maximum Gasteiger partial charge on any atom is 0.159 e. The molecule has 0 heterocycles. The van der Waals surface area contributed by atoms with Crippen molar-refractivity contribution in [2.75, 3.05) is 0 Å². The fourth-order valence-electron chi connectivity index (χ4n) is 7.76. The summed E-state index contributed by atoms with van der Waals surface area (Å²) in [5.41, 5.74) is 0.141. The van der Waals surface area contributed by atoms with Gasteiger partial charge in [-0.3, -0.25) is 4.79 Å². The number of hydrogen-bond donors (Lipinski definition) is 1. The third-order valence-electron chi connectivity index (χ3n) is 9.42. The summed E-state index contributed by atoms with van der Waals surface area (Å²) >= 11 is 0. The molecule has 7 atom stereocenters. The fourth-order valence-corrected chi connectivity index (χ4v) is 7.76. The van der Waals surface area contributed by atoms with Crippen molar-refractivity contribution in [1.82, 2.24) is 0 Å². The van der Waals surface area contributed by atoms with Gasteiger partial charge in [0.15, 0.2) is 5.78 Å². The highest BCUT2D eigenvalue weighted by atomic mass is 16.3. The Hall–Kier alpha value is -1.14. The highest BCUT2D eigenvalue weighted by molar-refractivity contribution is 5.92. The number of aliphatic hydroxyl groups is 1. The smallest absolute Gasteiger partial charge is 0.159 e. The minimum Gasteiger partial charge on any atom is -0.390 e. The molecular weight excluding hydrogens is 322 g/mol. The van der Waals surface area contributed by atoms with Gasteiger partial charge in [0.2, 0.25) is 0 Å². The lowest BCUT2D eigenvalue weighted by molar-refractivity contribution is -0.139. The Morgan fingerprint density at radius 2 is 1.77 bits per heavy atom. The minimum atomic E-state index is -0.565. The maximum atomic E-state index is 12.9. The molecule has 4 aliphatic carbocycles. The molecule has 1 unspecified atom stereocenters. The zero-order valence-electron chi connectivity index (χ0n) is 16.9. The van der Waals surface area contributed by atoms with Crippen molar-refractivity contribution in [2.24, 2.45) is 39.9 Å². The summed E-state index contributed by atoms with van der Waals surface area (Å²) < 4.78 is 0. The van der Waals surface area contributed by atoms with E-state index in [1.165, 1.54) is 5.57 Å². The van der Waals surface area contributed by atoms with Crippen LogP contribution in [0.25, 0.3) is 0 Å². The van der Waals surface area contributed by atoms with E-state index in [1.54, 1.807) is 0 Å². The standard InChI is InChI=1S/C23H33NO2/c1-20(2)18-7-6-15-16(21(18,3)12-14(13-24)19(20)25)8-10-22(4)17(15)9-11-23(22,5)26/h7,14-17,26H,6,8-12H2,1-5H3/t14?,15-,16+,17+,21-,22+,23+/m1/s1. The zero-order valence-corrected chi connectivity index (χ0v) is 16.9. The molecular formula is C23H33NO2. The summed E-state index contributed by atoms with van der Waals surface area (Å²) in [6.07, 6.45) is 8.22. The van der Waals surface area contributed by atoms with Crippen molar-refractivity contribution >= 4 is 5.78 Å². The predicted molar refractivity (Wildman–Crippen MR) is 101 cm³/mol. The van der Waals surface area contributed by atoms with E-state index in [1.807, 2.05) is 20.8 Å². The van der Waals surface area contributed by atoms with Crippen LogP contribution in [0.4, 0.5) is 0 Å². The molecule has 0 aliphatic heterocycles. The largest absolute Gasteiger partial charge is 0.390 e. The Morgan fingerprint density at radius 1 is 1.12 bits per heavy atom. The first-order chi connectivity index (χ1) is 12.0. The average Bonchev–Trinajstić information content (AvgIpc) is 2.81. The second kappa shape index (κ2) is 5.22. The van der Waals surface area contributed by atoms with Gasteiger partial charge >= 0.3 is 0 Å². The van der Waals surface area contributed by atoms with E-state index in [0.717, 1.165) is 32.1 Å². The van der Waals surface area contributed by atoms with Gasteiger partial charge in [0.05, 0.1) is 11.7 Å². The Bertz CT molecular complexity index is 727. The molecule has 0 saturated heterocycles. The van der Waals surface area contributed by atoms with Crippen LogP contribution in [0.1, 0.15) is 73.1 Å². The molecule has 1 N–H and O–H groups in total. The predicted octanol–water partition coefficient (Wildman–Crippen LogP) is 4.66. The van der Waals surface area contributed by atoms with Gasteiger partial charge in [0.1, 0.15) is 5.92 Å². The van der Waals surface area contributed by atoms with Gasteiger partial charge in [-0.25, -0.2) is 0 Å². The molecule has 26 heavy (non-hydrogen) atoms. The molecule has 0 amide bonds. The number of allylic oxidation sites excluding steroid dienone is 2. The maximum absolute atomic E-state index is 12.9. The molecule has 0 radical (unpaired) electrons. The Kier molecular flexibility index (Phi) is 3.66. The molecule has 3 fully saturated rings. The Labute approximate surface area is 157 Å². The third kappa shape index (κ3) is 2.00. The van der Waals surface area contributed by atoms with Gasteiger partial charge in [-0.15, -0.1) is 0 Å². The van der Waals surface area contributed by atoms with Crippen molar-refractivity contribution in [3.63, 3.8) is 0 Å². The lowest BCUT2D eigenvalue weighted by atomic mass is 9.43. The summed E-state index contributed by atoms with van der Waals surface area (Å²) in [6, 6.07) is 2.31. The van der Waals surface area contributed by atoms with Gasteiger partial charge in [-0.2, -0.15) is 5.26 Å². The van der Waals surface area contributed by atoms with Crippen molar-refractivity contribution in [3.05, 3.63) is 11.6 Å². The van der Waals surface area contributed by atoms with Gasteiger partial charge in [-0.05, 0) is 87.9 Å². The first kappa shape index (κ1) is 18.2. The quantitative estimate of drug-likeness (QED) is 0.643. The second-order valence-electron chi connectivity index (χ2n) is 10.8. The van der Waals surface area contributed by atoms with Crippen LogP contribution >= 0.6 is 0 Å². The van der Waals surface area contributed by atoms with E-state index in [4.69, 9.17) is 0 Å². The molecule has 0 aromatic rings. The minimum absolute atomic E-state index is 0.00447. The molecule has 0 aromatic carbocycles. The van der Waals surface area contributed by atoms with Crippen LogP contribution in [0.5, 0.6) is 0 Å². The number of carbonyl (C=O) groups is 1. The van der Waals surface area contributed by atoms with Crippen LogP contribution in [-0.2, 0) is 4.79 Å². The normalized spacial score (nSPS) is 52.3. The number of nitriles is 1. The topological polar surface area (TPSA) is 61.1 Å². The first-order valence-electron chi connectivity index (χ1n) is 10.4. The van der Waals surface area contributed by atoms with Crippen LogP contribution in [0.2, 0.25) is 0 Å². The van der Waals surface area contributed by atoms with Crippen molar-refractivity contribution in [3.8, 4) is 6.07 Å². The SMILES string of the molecule is CC1(C)C(=O)C(C#N)C[C@@]2(C)C1=CC[C@@H]1[C@@H]2CC[C@@]2(C)[C@H]1CC[C@]2(C)O. The van der Waals surface area contributed by atoms with Gasteiger partial charge in [0.25, 0.3) is 0 Å². The number of fused-ring (bicyclic) bond motifs is 5. The second-order valence-corrected chi connectivity index (χ2v) is 10.8. The summed E-state index contributed by atoms with van der Waals surface area (Å²) in [5, 5.41) is 20.7. The zero-order chi connectivity index (χ0) is 19.1. The lowest BCUT2D eigenvalue weighted by Crippen LogP contribution is -2.57. The molecule has 4 rings (SSSR count). The molecule has 0 spiro atoms. The van der Waals surface area contributed by atoms with E-state index >= 15 is 0 Å². The molecule has 0 bridgehead atoms. The van der Waals surface area contributed by atoms with E-state index in [9.17, 15) is 15.2 Å². The number of carbonyl (C=O) groups excluding carboxylic acids is 1. The molecule has 142 valence electrons. The average molecular weight is 356 g/mol. The van der Waals surface area contributed by atoms with E-state index in [0.29, 0.717) is 24.2 Å². The lowest BCUT2D eigenvalue weighted by Gasteiger charge is -2.60. The summed E-state index contributed by atoms with van der Waals surface area (Å²) in [6.45, 7) is 10.7. The van der Waals surface area contributed by atoms with E-state index in [-0.39, 0.29) is 16.6 Å². The molecule has 3 saturated carbocycles. The van der Waals surface area contributed by atoms with E-state index < -0.39 is 16.9 Å². The van der Waals surface area contributed by atoms with Crippen molar-refractivity contribution in [2.45, 2.75) is 78.7 Å². The van der Waals surface area contributed by atoms with Gasteiger partial charge in [0, 0.05) is 5.41 Å². The van der Waals surface area contributed by atoms with Gasteiger partial charge < -0.3 is 5.11 Å². The van der Waals surface area contributed by atoms with Crippen molar-refractivity contribution < 1.29 is 9.90 Å². The first-order valence-corrected chi connectivity index (χ1v) is 10.4. The van der Waals surface area contributed by atoms with Gasteiger partial charge in [-0.1, -0.05) is 25.5 Å². The number of nitrogens with zero attached hydrogens (tertiary/aromatic N) is 1. The molecule has 3 heteroatoms. The summed E-state index contributed by atoms with van der Waals surface area (Å²) in [5.74, 6) is 1.27. The van der Waals surface area contributed by atoms with Crippen LogP contribution in [-0.4, -0.2) is 16.5 Å². The highest BCUT2D eigenvalue weighted by Crippen LogP contribution is 2.68. The van der Waals surface area contributed by atoms with Crippen LogP contribution in [0.3, 0.4) is 0 Å². The van der Waals surface area contributed by atoms with Crippen LogP contribution < -0.4 is 0 Å². The molecule has 4 aliphatic rings. The van der Waals surface area contributed by atoms with Crippen LogP contribution in [0.15, 0.2) is 11.6 Å². The molecule has 3 nitrogen and oxygen atoms in total. The number of rotatable bonds is 0. The number of hydrogen-bond acceptors (Lipinski definition) is 3. The van der Waals surface area contributed by atoms with E-state index in [2.05, 4.69) is 26.0 Å². The Morgan fingerprint density at radius 3 is 2.42 bits per heavy atom. The number of ketones is 1. The summed E-state index contributed by atoms with van der Waals surface area (Å²) in [4.78, 5) is 12.9.